The Morgan fingerprint density at radius 1 is 1.00 bits per heavy atom. The number of imide groups is 1. The zero-order valence-corrected chi connectivity index (χ0v) is 14.6. The molecule has 148 valence electrons. The fraction of sp³-hybridized carbons (Fsp3) is 0.105. The Kier molecular flexibility index (Phi) is 4.55. The first-order chi connectivity index (χ1) is 13.8. The number of rotatable bonds is 5. The van der Waals surface area contributed by atoms with E-state index >= 15 is 0 Å². The van der Waals surface area contributed by atoms with E-state index in [1.165, 1.54) is 18.3 Å². The van der Waals surface area contributed by atoms with Crippen LogP contribution in [0.15, 0.2) is 59.1 Å². The van der Waals surface area contributed by atoms with Gasteiger partial charge < -0.3 is 9.15 Å². The smallest absolute Gasteiger partial charge is 0.440 e. The van der Waals surface area contributed by atoms with Crippen molar-refractivity contribution in [3.8, 4) is 17.2 Å². The standard InChI is InChI=1S/C19H12F3N3O4/c20-19(21,22)29-12-7-5-11(6-8-12)16-23-9-13(28-16)10-24-25-17(26)14-3-1-2-4-15(14)18(25)27/h1-9,24H,10H2. The zero-order valence-electron chi connectivity index (χ0n) is 14.6. The summed E-state index contributed by atoms with van der Waals surface area (Å²) in [6.45, 7) is 0.00768. The van der Waals surface area contributed by atoms with Crippen molar-refractivity contribution in [3.63, 3.8) is 0 Å². The van der Waals surface area contributed by atoms with E-state index in [-0.39, 0.29) is 18.2 Å². The van der Waals surface area contributed by atoms with Crippen LogP contribution in [-0.2, 0) is 6.54 Å². The number of oxazole rings is 1. The topological polar surface area (TPSA) is 84.7 Å². The molecule has 0 saturated carbocycles. The van der Waals surface area contributed by atoms with Crippen LogP contribution in [0.3, 0.4) is 0 Å². The predicted octanol–water partition coefficient (Wildman–Crippen LogP) is 3.54. The van der Waals surface area contributed by atoms with E-state index in [1.807, 2.05) is 0 Å². The van der Waals surface area contributed by atoms with Crippen LogP contribution in [0, 0.1) is 0 Å². The first-order valence-electron chi connectivity index (χ1n) is 8.34. The Morgan fingerprint density at radius 2 is 1.62 bits per heavy atom. The number of aromatic nitrogens is 1. The second-order valence-electron chi connectivity index (χ2n) is 6.03. The van der Waals surface area contributed by atoms with Gasteiger partial charge in [-0.05, 0) is 36.4 Å². The molecule has 3 aromatic rings. The number of ether oxygens (including phenoxy) is 1. The molecule has 0 spiro atoms. The molecule has 4 rings (SSSR count). The lowest BCUT2D eigenvalue weighted by Crippen LogP contribution is -2.41. The Bertz CT molecular complexity index is 1040. The fourth-order valence-corrected chi connectivity index (χ4v) is 2.81. The Morgan fingerprint density at radius 3 is 2.21 bits per heavy atom. The number of nitrogens with one attached hydrogen (secondary N) is 1. The van der Waals surface area contributed by atoms with Gasteiger partial charge in [0.1, 0.15) is 11.5 Å². The number of carbonyl (C=O) groups excluding carboxylic acids is 2. The Balaban J connectivity index is 1.42. The van der Waals surface area contributed by atoms with Gasteiger partial charge in [0.15, 0.2) is 0 Å². The van der Waals surface area contributed by atoms with E-state index in [2.05, 4.69) is 15.1 Å². The average molecular weight is 403 g/mol. The third-order valence-electron chi connectivity index (χ3n) is 4.09. The Labute approximate surface area is 161 Å². The number of hydrogen-bond donors (Lipinski definition) is 1. The number of fused-ring (bicyclic) bond motifs is 1. The van der Waals surface area contributed by atoms with Gasteiger partial charge in [0, 0.05) is 5.56 Å². The van der Waals surface area contributed by atoms with E-state index in [4.69, 9.17) is 4.42 Å². The molecule has 0 unspecified atom stereocenters. The number of amides is 2. The molecule has 0 atom stereocenters. The van der Waals surface area contributed by atoms with Gasteiger partial charge in [0.2, 0.25) is 5.89 Å². The molecular weight excluding hydrogens is 391 g/mol. The van der Waals surface area contributed by atoms with Crippen molar-refractivity contribution in [2.45, 2.75) is 12.9 Å². The van der Waals surface area contributed by atoms with E-state index in [0.29, 0.717) is 22.5 Å². The molecule has 2 heterocycles. The molecule has 2 amide bonds. The number of hydrogen-bond acceptors (Lipinski definition) is 6. The maximum atomic E-state index is 12.3. The van der Waals surface area contributed by atoms with Crippen LogP contribution in [0.1, 0.15) is 26.5 Å². The van der Waals surface area contributed by atoms with Crippen LogP contribution in [0.5, 0.6) is 5.75 Å². The second-order valence-corrected chi connectivity index (χ2v) is 6.03. The van der Waals surface area contributed by atoms with Gasteiger partial charge in [-0.15, -0.1) is 13.2 Å². The van der Waals surface area contributed by atoms with Gasteiger partial charge in [0.25, 0.3) is 11.8 Å². The van der Waals surface area contributed by atoms with Gasteiger partial charge in [-0.1, -0.05) is 12.1 Å². The molecule has 29 heavy (non-hydrogen) atoms. The number of benzene rings is 2. The summed E-state index contributed by atoms with van der Waals surface area (Å²) in [6, 6.07) is 11.5. The minimum absolute atomic E-state index is 0.00768. The highest BCUT2D eigenvalue weighted by Gasteiger charge is 2.35. The van der Waals surface area contributed by atoms with Crippen molar-refractivity contribution in [1.82, 2.24) is 15.4 Å². The van der Waals surface area contributed by atoms with Crippen molar-refractivity contribution in [2.75, 3.05) is 0 Å². The van der Waals surface area contributed by atoms with Crippen molar-refractivity contribution in [3.05, 3.63) is 71.6 Å². The largest absolute Gasteiger partial charge is 0.573 e. The lowest BCUT2D eigenvalue weighted by Gasteiger charge is -2.13. The first kappa shape index (κ1) is 18.7. The van der Waals surface area contributed by atoms with E-state index in [1.54, 1.807) is 24.3 Å². The lowest BCUT2D eigenvalue weighted by molar-refractivity contribution is -0.274. The van der Waals surface area contributed by atoms with Crippen LogP contribution in [0.2, 0.25) is 0 Å². The highest BCUT2D eigenvalue weighted by molar-refractivity contribution is 6.20. The van der Waals surface area contributed by atoms with Crippen LogP contribution >= 0.6 is 0 Å². The van der Waals surface area contributed by atoms with Crippen LogP contribution < -0.4 is 10.2 Å². The van der Waals surface area contributed by atoms with Gasteiger partial charge in [0.05, 0.1) is 23.9 Å². The molecule has 7 nitrogen and oxygen atoms in total. The maximum Gasteiger partial charge on any atom is 0.573 e. The van der Waals surface area contributed by atoms with E-state index < -0.39 is 18.2 Å². The molecule has 1 aromatic heterocycles. The zero-order chi connectivity index (χ0) is 20.6. The molecular formula is C19H12F3N3O4. The minimum atomic E-state index is -4.77. The number of nitrogens with zero attached hydrogens (tertiary/aromatic N) is 2. The summed E-state index contributed by atoms with van der Waals surface area (Å²) in [7, 11) is 0. The molecule has 0 bridgehead atoms. The average Bonchev–Trinajstić information content (AvgIpc) is 3.24. The van der Waals surface area contributed by atoms with Crippen LogP contribution in [0.4, 0.5) is 13.2 Å². The van der Waals surface area contributed by atoms with Crippen molar-refractivity contribution < 1.29 is 31.9 Å². The summed E-state index contributed by atoms with van der Waals surface area (Å²) in [5.74, 6) is -0.800. The molecule has 10 heteroatoms. The third kappa shape index (κ3) is 3.83. The molecule has 0 aliphatic carbocycles. The van der Waals surface area contributed by atoms with Gasteiger partial charge in [-0.3, -0.25) is 9.59 Å². The van der Waals surface area contributed by atoms with E-state index in [9.17, 15) is 22.8 Å². The van der Waals surface area contributed by atoms with Gasteiger partial charge >= 0.3 is 6.36 Å². The third-order valence-corrected chi connectivity index (χ3v) is 4.09. The SMILES string of the molecule is O=C1c2ccccc2C(=O)N1NCc1cnc(-c2ccc(OC(F)(F)F)cc2)o1. The molecule has 0 fully saturated rings. The van der Waals surface area contributed by atoms with Crippen LogP contribution in [-0.4, -0.2) is 28.2 Å². The van der Waals surface area contributed by atoms with Crippen molar-refractivity contribution >= 4 is 11.8 Å². The minimum Gasteiger partial charge on any atom is -0.440 e. The number of alkyl halides is 3. The summed E-state index contributed by atoms with van der Waals surface area (Å²) < 4.78 is 46.0. The molecule has 1 aliphatic rings. The van der Waals surface area contributed by atoms with Crippen molar-refractivity contribution in [1.29, 1.82) is 0 Å². The first-order valence-corrected chi connectivity index (χ1v) is 8.34. The Hall–Kier alpha value is -3.66. The number of halogens is 3. The number of carbonyl (C=O) groups is 2. The monoisotopic (exact) mass is 403 g/mol. The van der Waals surface area contributed by atoms with Crippen molar-refractivity contribution in [2.24, 2.45) is 0 Å². The molecule has 0 radical (unpaired) electrons. The normalized spacial score (nSPS) is 13.7. The highest BCUT2D eigenvalue weighted by Crippen LogP contribution is 2.26. The second kappa shape index (κ2) is 7.06. The summed E-state index contributed by atoms with van der Waals surface area (Å²) in [4.78, 5) is 28.6. The molecule has 1 N–H and O–H groups in total. The number of hydrazine groups is 1. The summed E-state index contributed by atoms with van der Waals surface area (Å²) in [6.07, 6.45) is -3.38. The van der Waals surface area contributed by atoms with Gasteiger partial charge in [-0.25, -0.2) is 15.4 Å². The molecule has 0 saturated heterocycles. The van der Waals surface area contributed by atoms with E-state index in [0.717, 1.165) is 17.1 Å². The maximum absolute atomic E-state index is 12.3. The lowest BCUT2D eigenvalue weighted by atomic mass is 10.1. The summed E-state index contributed by atoms with van der Waals surface area (Å²) >= 11 is 0. The fourth-order valence-electron chi connectivity index (χ4n) is 2.81. The van der Waals surface area contributed by atoms with Gasteiger partial charge in [-0.2, -0.15) is 0 Å². The summed E-state index contributed by atoms with van der Waals surface area (Å²) in [5, 5.41) is 0.899. The molecule has 1 aliphatic heterocycles. The summed E-state index contributed by atoms with van der Waals surface area (Å²) in [5.41, 5.74) is 3.76. The highest BCUT2D eigenvalue weighted by atomic mass is 19.4. The molecule has 2 aromatic carbocycles. The quantitative estimate of drug-likeness (QED) is 0.656. The predicted molar refractivity (Wildman–Crippen MR) is 92.4 cm³/mol. The van der Waals surface area contributed by atoms with Crippen LogP contribution in [0.25, 0.3) is 11.5 Å².